The van der Waals surface area contributed by atoms with Crippen LogP contribution in [0, 0.1) is 6.92 Å². The van der Waals surface area contributed by atoms with Gasteiger partial charge in [0.25, 0.3) is 11.5 Å². The first-order valence-electron chi connectivity index (χ1n) is 10.8. The average Bonchev–Trinajstić information content (AvgIpc) is 3.54. The number of amides is 1. The molecule has 12 heteroatoms. The molecule has 2 fully saturated rings. The fourth-order valence-electron chi connectivity index (χ4n) is 4.54. The van der Waals surface area contributed by atoms with Crippen LogP contribution in [0.3, 0.4) is 0 Å². The van der Waals surface area contributed by atoms with Crippen molar-refractivity contribution in [3.05, 3.63) is 46.1 Å². The van der Waals surface area contributed by atoms with Crippen LogP contribution in [-0.2, 0) is 10.0 Å². The maximum Gasteiger partial charge on any atom is 0.276 e. The molecule has 5 heterocycles. The largest absolute Gasteiger partial charge is 0.338 e. The number of H-pyrrole nitrogens is 1. The first kappa shape index (κ1) is 20.9. The summed E-state index contributed by atoms with van der Waals surface area (Å²) in [6.45, 7) is 3.71. The average molecular weight is 460 g/mol. The van der Waals surface area contributed by atoms with E-state index in [0.29, 0.717) is 55.8 Å². The first-order chi connectivity index (χ1) is 15.4. The van der Waals surface area contributed by atoms with Gasteiger partial charge >= 0.3 is 0 Å². The van der Waals surface area contributed by atoms with Crippen LogP contribution in [0.15, 0.2) is 29.3 Å². The molecule has 32 heavy (non-hydrogen) atoms. The first-order valence-corrected chi connectivity index (χ1v) is 12.3. The highest BCUT2D eigenvalue weighted by molar-refractivity contribution is 7.89. The summed E-state index contributed by atoms with van der Waals surface area (Å²) >= 11 is 0. The van der Waals surface area contributed by atoms with Crippen LogP contribution in [0.25, 0.3) is 11.5 Å². The Labute approximate surface area is 184 Å². The minimum absolute atomic E-state index is 0.199. The number of hydrogen-bond acceptors (Lipinski definition) is 6. The van der Waals surface area contributed by atoms with Crippen LogP contribution in [0.5, 0.6) is 0 Å². The van der Waals surface area contributed by atoms with E-state index in [4.69, 9.17) is 0 Å². The molecule has 0 aromatic carbocycles. The summed E-state index contributed by atoms with van der Waals surface area (Å²) in [4.78, 5) is 29.8. The molecule has 0 radical (unpaired) electrons. The molecule has 1 N–H and O–H groups in total. The molecule has 0 spiro atoms. The lowest BCUT2D eigenvalue weighted by molar-refractivity contribution is 0.0724. The second-order valence-electron chi connectivity index (χ2n) is 8.31. The third-order valence-electron chi connectivity index (χ3n) is 6.40. The zero-order valence-electron chi connectivity index (χ0n) is 17.8. The maximum atomic E-state index is 13.1. The number of likely N-dealkylation sites (tertiary alicyclic amines) is 1. The summed E-state index contributed by atoms with van der Waals surface area (Å²) in [6, 6.07) is 3.38. The molecule has 2 aliphatic rings. The van der Waals surface area contributed by atoms with Gasteiger partial charge in [-0.25, -0.2) is 21.9 Å². The molecule has 2 aliphatic heterocycles. The maximum absolute atomic E-state index is 13.1. The molecule has 0 unspecified atom stereocenters. The summed E-state index contributed by atoms with van der Waals surface area (Å²) in [5.74, 6) is 0.0147. The molecular formula is C20H25N7O4S. The lowest BCUT2D eigenvalue weighted by Gasteiger charge is -2.33. The normalized spacial score (nSPS) is 18.6. The Bertz CT molecular complexity index is 1330. The number of piperidine rings is 1. The van der Waals surface area contributed by atoms with Gasteiger partial charge in [-0.2, -0.15) is 5.10 Å². The van der Waals surface area contributed by atoms with E-state index in [1.807, 2.05) is 0 Å². The minimum atomic E-state index is -3.30. The van der Waals surface area contributed by atoms with E-state index in [0.717, 1.165) is 12.8 Å². The Kier molecular flexibility index (Phi) is 5.13. The number of carbonyl (C=O) groups is 1. The van der Waals surface area contributed by atoms with Crippen molar-refractivity contribution in [3.63, 3.8) is 0 Å². The van der Waals surface area contributed by atoms with Crippen LogP contribution in [0.1, 0.15) is 41.7 Å². The monoisotopic (exact) mass is 459 g/mol. The summed E-state index contributed by atoms with van der Waals surface area (Å²) in [6.07, 6.45) is 5.81. The number of nitrogens with zero attached hydrogens (tertiary/aromatic N) is 6. The Balaban J connectivity index is 1.32. The second kappa shape index (κ2) is 7.85. The highest BCUT2D eigenvalue weighted by Crippen LogP contribution is 2.25. The Hall–Kier alpha value is -2.99. The molecule has 1 amide bonds. The molecule has 2 saturated heterocycles. The number of fused-ring (bicyclic) bond motifs is 1. The topological polar surface area (TPSA) is 126 Å². The zero-order chi connectivity index (χ0) is 22.5. The van der Waals surface area contributed by atoms with Gasteiger partial charge in [-0.3, -0.25) is 14.6 Å². The second-order valence-corrected chi connectivity index (χ2v) is 10.5. The van der Waals surface area contributed by atoms with Crippen molar-refractivity contribution in [3.8, 4) is 5.95 Å². The summed E-state index contributed by atoms with van der Waals surface area (Å²) in [5.41, 5.74) is 1.07. The van der Waals surface area contributed by atoms with Gasteiger partial charge in [0, 0.05) is 32.4 Å². The number of carbonyl (C=O) groups excluding carboxylic acids is 1. The predicted octanol–water partition coefficient (Wildman–Crippen LogP) is 0.547. The lowest BCUT2D eigenvalue weighted by atomic mass is 10.1. The quantitative estimate of drug-likeness (QED) is 0.607. The highest BCUT2D eigenvalue weighted by Gasteiger charge is 2.37. The van der Waals surface area contributed by atoms with Crippen LogP contribution in [-0.4, -0.2) is 79.3 Å². The summed E-state index contributed by atoms with van der Waals surface area (Å²) in [7, 11) is -3.30. The van der Waals surface area contributed by atoms with E-state index in [-0.39, 0.29) is 17.4 Å². The molecule has 11 nitrogen and oxygen atoms in total. The molecular weight excluding hydrogens is 434 g/mol. The predicted molar refractivity (Wildman–Crippen MR) is 116 cm³/mol. The minimum Gasteiger partial charge on any atom is -0.338 e. The molecule has 3 aromatic rings. The van der Waals surface area contributed by atoms with Gasteiger partial charge in [0.15, 0.2) is 0 Å². The molecule has 3 aromatic heterocycles. The molecule has 170 valence electrons. The van der Waals surface area contributed by atoms with Crippen molar-refractivity contribution >= 4 is 21.4 Å². The van der Waals surface area contributed by atoms with E-state index in [2.05, 4.69) is 15.2 Å². The van der Waals surface area contributed by atoms with E-state index >= 15 is 0 Å². The third-order valence-corrected chi connectivity index (χ3v) is 8.80. The SMILES string of the molecule is Cc1c(C(=O)N2CCC(S(=O)(=O)N3CCCC3)CC2)cnn1-c1nn2cccc2c(=O)[nH]1. The number of rotatable bonds is 4. The molecule has 0 atom stereocenters. The standard InChI is InChI=1S/C20H25N7O4S/c1-14-16(13-21-27(14)20-22-18(28)17-5-4-10-26(17)23-20)19(29)24-11-6-15(7-12-24)32(30,31)25-8-2-3-9-25/h4-5,10,13,15H,2-3,6-9,11-12H2,1H3,(H,22,23,28). The van der Waals surface area contributed by atoms with Gasteiger partial charge < -0.3 is 4.90 Å². The molecule has 0 aliphatic carbocycles. The number of aromatic amines is 1. The molecule has 0 saturated carbocycles. The van der Waals surface area contributed by atoms with E-state index in [1.54, 1.807) is 34.5 Å². The van der Waals surface area contributed by atoms with Gasteiger partial charge in [0.1, 0.15) is 5.52 Å². The third kappa shape index (κ3) is 3.43. The van der Waals surface area contributed by atoms with Crippen molar-refractivity contribution in [1.82, 2.24) is 33.6 Å². The fraction of sp³-hybridized carbons (Fsp3) is 0.500. The van der Waals surface area contributed by atoms with Crippen molar-refractivity contribution in [2.24, 2.45) is 0 Å². The van der Waals surface area contributed by atoms with Crippen molar-refractivity contribution in [2.45, 2.75) is 37.9 Å². The lowest BCUT2D eigenvalue weighted by Crippen LogP contribution is -2.46. The van der Waals surface area contributed by atoms with Crippen LogP contribution in [0.2, 0.25) is 0 Å². The van der Waals surface area contributed by atoms with Crippen molar-refractivity contribution < 1.29 is 13.2 Å². The smallest absolute Gasteiger partial charge is 0.276 e. The zero-order valence-corrected chi connectivity index (χ0v) is 18.6. The Morgan fingerprint density at radius 1 is 1.16 bits per heavy atom. The van der Waals surface area contributed by atoms with Crippen molar-refractivity contribution in [1.29, 1.82) is 0 Å². The highest BCUT2D eigenvalue weighted by atomic mass is 32.2. The number of aromatic nitrogens is 5. The van der Waals surface area contributed by atoms with E-state index in [1.165, 1.54) is 15.4 Å². The number of sulfonamides is 1. The van der Waals surface area contributed by atoms with E-state index in [9.17, 15) is 18.0 Å². The summed E-state index contributed by atoms with van der Waals surface area (Å²) in [5, 5.41) is 8.18. The van der Waals surface area contributed by atoms with E-state index < -0.39 is 15.3 Å². The van der Waals surface area contributed by atoms with Gasteiger partial charge in [0.2, 0.25) is 16.0 Å². The van der Waals surface area contributed by atoms with Gasteiger partial charge in [0.05, 0.1) is 22.7 Å². The number of nitrogens with one attached hydrogen (secondary N) is 1. The fourth-order valence-corrected chi connectivity index (χ4v) is 6.54. The van der Waals surface area contributed by atoms with Crippen LogP contribution >= 0.6 is 0 Å². The Morgan fingerprint density at radius 2 is 1.88 bits per heavy atom. The van der Waals surface area contributed by atoms with Crippen LogP contribution in [0.4, 0.5) is 0 Å². The van der Waals surface area contributed by atoms with Gasteiger partial charge in [-0.1, -0.05) is 0 Å². The van der Waals surface area contributed by atoms with Gasteiger partial charge in [-0.15, -0.1) is 5.10 Å². The van der Waals surface area contributed by atoms with Crippen molar-refractivity contribution in [2.75, 3.05) is 26.2 Å². The molecule has 0 bridgehead atoms. The molecule has 5 rings (SSSR count). The number of hydrogen-bond donors (Lipinski definition) is 1. The van der Waals surface area contributed by atoms with Gasteiger partial charge in [-0.05, 0) is 44.7 Å². The van der Waals surface area contributed by atoms with Crippen LogP contribution < -0.4 is 5.56 Å². The Morgan fingerprint density at radius 3 is 2.59 bits per heavy atom. The summed E-state index contributed by atoms with van der Waals surface area (Å²) < 4.78 is 30.1.